The minimum atomic E-state index is -0.598. The van der Waals surface area contributed by atoms with Gasteiger partial charge in [-0.05, 0) is 48.9 Å². The number of nitrogens with one attached hydrogen (secondary N) is 1. The van der Waals surface area contributed by atoms with Gasteiger partial charge in [0.2, 0.25) is 0 Å². The highest BCUT2D eigenvalue weighted by Gasteiger charge is 2.22. The van der Waals surface area contributed by atoms with Crippen LogP contribution in [0.4, 0.5) is 0 Å². The lowest BCUT2D eigenvalue weighted by atomic mass is 10.1. The average Bonchev–Trinajstić information content (AvgIpc) is 2.96. The number of fused-ring (bicyclic) bond motifs is 3. The van der Waals surface area contributed by atoms with E-state index in [-0.39, 0.29) is 6.17 Å². The number of aliphatic hydroxyl groups excluding tert-OH is 1. The molecule has 0 bridgehead atoms. The van der Waals surface area contributed by atoms with E-state index < -0.39 is 6.10 Å². The van der Waals surface area contributed by atoms with Crippen LogP contribution in [0.5, 0.6) is 0 Å². The molecule has 0 aliphatic heterocycles. The maximum Gasteiger partial charge on any atom is 0.111 e. The first kappa shape index (κ1) is 18.3. The van der Waals surface area contributed by atoms with Crippen molar-refractivity contribution in [3.8, 4) is 0 Å². The van der Waals surface area contributed by atoms with Gasteiger partial charge in [-0.2, -0.15) is 0 Å². The van der Waals surface area contributed by atoms with Gasteiger partial charge in [-0.25, -0.2) is 0 Å². The van der Waals surface area contributed by atoms with Gasteiger partial charge >= 0.3 is 0 Å². The van der Waals surface area contributed by atoms with Gasteiger partial charge in [-0.3, -0.25) is 5.32 Å². The van der Waals surface area contributed by atoms with Crippen molar-refractivity contribution in [1.29, 1.82) is 0 Å². The van der Waals surface area contributed by atoms with Gasteiger partial charge < -0.3 is 9.67 Å². The molecule has 0 radical (unpaired) electrons. The molecule has 0 amide bonds. The molecular formula is C22H20Cl2N2O. The summed E-state index contributed by atoms with van der Waals surface area (Å²) in [5.74, 6) is 0. The maximum atomic E-state index is 10.6. The fraction of sp³-hybridized carbons (Fsp3) is 0.182. The molecule has 0 spiro atoms. The summed E-state index contributed by atoms with van der Waals surface area (Å²) in [6.07, 6.45) is -0.897. The third kappa shape index (κ3) is 3.56. The Morgan fingerprint density at radius 3 is 1.96 bits per heavy atom. The highest BCUT2D eigenvalue weighted by molar-refractivity contribution is 6.33. The molecule has 2 atom stereocenters. The molecule has 0 saturated carbocycles. The molecule has 138 valence electrons. The van der Waals surface area contributed by atoms with E-state index in [1.807, 2.05) is 54.6 Å². The van der Waals surface area contributed by atoms with E-state index in [0.29, 0.717) is 16.6 Å². The lowest BCUT2D eigenvalue weighted by Gasteiger charge is -2.25. The third-order valence-corrected chi connectivity index (χ3v) is 5.29. The second-order valence-electron chi connectivity index (χ2n) is 6.74. The lowest BCUT2D eigenvalue weighted by Crippen LogP contribution is -2.34. The van der Waals surface area contributed by atoms with Gasteiger partial charge in [0.25, 0.3) is 0 Å². The highest BCUT2D eigenvalue weighted by atomic mass is 35.5. The van der Waals surface area contributed by atoms with Gasteiger partial charge in [0.05, 0.1) is 17.1 Å². The van der Waals surface area contributed by atoms with Crippen molar-refractivity contribution in [2.24, 2.45) is 0 Å². The van der Waals surface area contributed by atoms with Crippen LogP contribution in [0.25, 0.3) is 21.8 Å². The predicted molar refractivity (Wildman–Crippen MR) is 113 cm³/mol. The zero-order chi connectivity index (χ0) is 19.0. The van der Waals surface area contributed by atoms with Crippen molar-refractivity contribution in [2.75, 3.05) is 0 Å². The van der Waals surface area contributed by atoms with Crippen molar-refractivity contribution in [2.45, 2.75) is 25.7 Å². The Hall–Kier alpha value is -2.04. The van der Waals surface area contributed by atoms with Crippen molar-refractivity contribution in [3.63, 3.8) is 0 Å². The molecule has 5 heteroatoms. The molecule has 0 aliphatic carbocycles. The Morgan fingerprint density at radius 2 is 1.44 bits per heavy atom. The van der Waals surface area contributed by atoms with Gasteiger partial charge in [0.1, 0.15) is 6.17 Å². The summed E-state index contributed by atoms with van der Waals surface area (Å²) in [4.78, 5) is 0. The SMILES string of the molecule is C[C@@H](O)C(NCc1ccccc1)n1c2ccc(Cl)cc2c2cc(Cl)ccc21. The normalized spacial score (nSPS) is 13.9. The van der Waals surface area contributed by atoms with Crippen molar-refractivity contribution >= 4 is 45.0 Å². The van der Waals surface area contributed by atoms with E-state index in [2.05, 4.69) is 22.0 Å². The van der Waals surface area contributed by atoms with Crippen LogP contribution in [0.1, 0.15) is 18.7 Å². The minimum absolute atomic E-state index is 0.299. The largest absolute Gasteiger partial charge is 0.390 e. The van der Waals surface area contributed by atoms with Crippen LogP contribution in [0.2, 0.25) is 10.0 Å². The number of aliphatic hydroxyl groups is 1. The summed E-state index contributed by atoms with van der Waals surface area (Å²) in [7, 11) is 0. The number of halogens is 2. The number of benzene rings is 3. The van der Waals surface area contributed by atoms with Gasteiger partial charge in [-0.15, -0.1) is 0 Å². The molecular weight excluding hydrogens is 379 g/mol. The Labute approximate surface area is 168 Å². The van der Waals surface area contributed by atoms with Crippen LogP contribution in [0.3, 0.4) is 0 Å². The maximum absolute atomic E-state index is 10.6. The van der Waals surface area contributed by atoms with Crippen molar-refractivity contribution in [1.82, 2.24) is 9.88 Å². The Bertz CT molecular complexity index is 1030. The first-order valence-electron chi connectivity index (χ1n) is 8.88. The summed E-state index contributed by atoms with van der Waals surface area (Å²) < 4.78 is 2.13. The van der Waals surface area contributed by atoms with Gasteiger partial charge in [0.15, 0.2) is 0 Å². The van der Waals surface area contributed by atoms with Crippen LogP contribution in [-0.2, 0) is 6.54 Å². The van der Waals surface area contributed by atoms with E-state index >= 15 is 0 Å². The molecule has 1 heterocycles. The molecule has 27 heavy (non-hydrogen) atoms. The first-order chi connectivity index (χ1) is 13.0. The summed E-state index contributed by atoms with van der Waals surface area (Å²) in [6, 6.07) is 21.8. The zero-order valence-electron chi connectivity index (χ0n) is 14.9. The van der Waals surface area contributed by atoms with E-state index in [9.17, 15) is 5.11 Å². The Kier molecular flexibility index (Phi) is 5.11. The topological polar surface area (TPSA) is 37.2 Å². The molecule has 0 saturated heterocycles. The third-order valence-electron chi connectivity index (χ3n) is 4.82. The molecule has 2 N–H and O–H groups in total. The monoisotopic (exact) mass is 398 g/mol. The van der Waals surface area contributed by atoms with Crippen LogP contribution in [0, 0.1) is 0 Å². The Morgan fingerprint density at radius 1 is 0.889 bits per heavy atom. The smallest absolute Gasteiger partial charge is 0.111 e. The summed E-state index contributed by atoms with van der Waals surface area (Å²) in [6.45, 7) is 2.45. The van der Waals surface area contributed by atoms with Crippen molar-refractivity contribution < 1.29 is 5.11 Å². The van der Waals surface area contributed by atoms with Crippen LogP contribution in [0.15, 0.2) is 66.7 Å². The van der Waals surface area contributed by atoms with E-state index in [1.54, 1.807) is 6.92 Å². The van der Waals surface area contributed by atoms with Crippen LogP contribution >= 0.6 is 23.2 Å². The number of rotatable bonds is 5. The fourth-order valence-corrected chi connectivity index (χ4v) is 3.94. The second-order valence-corrected chi connectivity index (χ2v) is 7.62. The van der Waals surface area contributed by atoms with Crippen LogP contribution in [-0.4, -0.2) is 15.8 Å². The van der Waals surface area contributed by atoms with Crippen LogP contribution < -0.4 is 5.32 Å². The lowest BCUT2D eigenvalue weighted by molar-refractivity contribution is 0.113. The average molecular weight is 399 g/mol. The quantitative estimate of drug-likeness (QED) is 0.447. The Balaban J connectivity index is 1.85. The number of aromatic nitrogens is 1. The number of nitrogens with zero attached hydrogens (tertiary/aromatic N) is 1. The number of hydrogen-bond donors (Lipinski definition) is 2. The highest BCUT2D eigenvalue weighted by Crippen LogP contribution is 2.35. The molecule has 0 aliphatic rings. The minimum Gasteiger partial charge on any atom is -0.390 e. The van der Waals surface area contributed by atoms with Crippen molar-refractivity contribution in [3.05, 3.63) is 82.3 Å². The molecule has 3 aromatic carbocycles. The number of hydrogen-bond acceptors (Lipinski definition) is 2. The van der Waals surface area contributed by atoms with Gasteiger partial charge in [0, 0.05) is 27.4 Å². The zero-order valence-corrected chi connectivity index (χ0v) is 16.4. The summed E-state index contributed by atoms with van der Waals surface area (Å²) in [5.41, 5.74) is 3.17. The molecule has 3 nitrogen and oxygen atoms in total. The fourth-order valence-electron chi connectivity index (χ4n) is 3.59. The molecule has 0 fully saturated rings. The molecule has 4 aromatic rings. The molecule has 1 unspecified atom stereocenters. The van der Waals surface area contributed by atoms with E-state index in [0.717, 1.165) is 27.4 Å². The summed E-state index contributed by atoms with van der Waals surface area (Å²) in [5, 5.41) is 17.4. The first-order valence-corrected chi connectivity index (χ1v) is 9.64. The van der Waals surface area contributed by atoms with Gasteiger partial charge in [-0.1, -0.05) is 53.5 Å². The molecule has 1 aromatic heterocycles. The second kappa shape index (κ2) is 7.53. The van der Waals surface area contributed by atoms with E-state index in [4.69, 9.17) is 23.2 Å². The summed E-state index contributed by atoms with van der Waals surface area (Å²) >= 11 is 12.5. The van der Waals surface area contributed by atoms with E-state index in [1.165, 1.54) is 0 Å². The predicted octanol–water partition coefficient (Wildman–Crippen LogP) is 5.77. The molecule has 4 rings (SSSR count). The standard InChI is InChI=1S/C22H20Cl2N2O/c1-14(27)22(25-13-15-5-3-2-4-6-15)26-20-9-7-16(23)11-18(20)19-12-17(24)8-10-21(19)26/h2-12,14,22,25,27H,13H2,1H3/t14-,22?/m1/s1.